The monoisotopic (exact) mass is 354 g/mol. The van der Waals surface area contributed by atoms with Crippen LogP contribution in [0.4, 0.5) is 0 Å². The van der Waals surface area contributed by atoms with Crippen LogP contribution in [0.5, 0.6) is 0 Å². The molecule has 0 fully saturated rings. The van der Waals surface area contributed by atoms with Crippen molar-refractivity contribution in [2.75, 3.05) is 20.6 Å². The van der Waals surface area contributed by atoms with Gasteiger partial charge in [-0.1, -0.05) is 23.2 Å². The third-order valence-corrected chi connectivity index (χ3v) is 5.49. The second-order valence-corrected chi connectivity index (χ2v) is 7.58. The van der Waals surface area contributed by atoms with Crippen molar-refractivity contribution in [3.8, 4) is 0 Å². The third-order valence-electron chi connectivity index (χ3n) is 2.96. The van der Waals surface area contributed by atoms with Gasteiger partial charge in [-0.25, -0.2) is 13.1 Å². The lowest BCUT2D eigenvalue weighted by Gasteiger charge is -2.18. The summed E-state index contributed by atoms with van der Waals surface area (Å²) >= 11 is 11.9. The smallest absolute Gasteiger partial charge is 0.242 e. The Morgan fingerprint density at radius 1 is 1.33 bits per heavy atom. The van der Waals surface area contributed by atoms with Crippen LogP contribution in [-0.4, -0.2) is 45.1 Å². The average Bonchev–Trinajstić information content (AvgIpc) is 2.36. The molecule has 1 rings (SSSR count). The number of nitrogens with zero attached hydrogens (tertiary/aromatic N) is 1. The molecule has 0 aliphatic carbocycles. The van der Waals surface area contributed by atoms with Gasteiger partial charge < -0.3 is 10.0 Å². The first-order valence-corrected chi connectivity index (χ1v) is 8.67. The number of sulfonamides is 1. The maximum atomic E-state index is 12.4. The van der Waals surface area contributed by atoms with Crippen LogP contribution in [-0.2, 0) is 16.6 Å². The molecule has 0 aromatic heterocycles. The first-order chi connectivity index (χ1) is 9.69. The number of rotatable bonds is 7. The van der Waals surface area contributed by atoms with Gasteiger partial charge in [0, 0.05) is 16.6 Å². The summed E-state index contributed by atoms with van der Waals surface area (Å²) in [4.78, 5) is 1.90. The number of hydrogen-bond acceptors (Lipinski definition) is 4. The molecular formula is C13H20Cl2N2O3S. The predicted octanol–water partition coefficient (Wildman–Crippen LogP) is 2.10. The number of aliphatic hydroxyl groups is 1. The van der Waals surface area contributed by atoms with Crippen LogP contribution >= 0.6 is 23.2 Å². The lowest BCUT2D eigenvalue weighted by Crippen LogP contribution is -2.35. The molecule has 0 bridgehead atoms. The minimum Gasteiger partial charge on any atom is -0.392 e. The maximum Gasteiger partial charge on any atom is 0.242 e. The minimum absolute atomic E-state index is 0.0442. The molecule has 0 amide bonds. The molecule has 0 saturated carbocycles. The molecule has 21 heavy (non-hydrogen) atoms. The molecule has 0 saturated heterocycles. The van der Waals surface area contributed by atoms with E-state index in [-0.39, 0.29) is 26.5 Å². The predicted molar refractivity (Wildman–Crippen MR) is 85.3 cm³/mol. The molecule has 0 spiro atoms. The normalized spacial score (nSPS) is 13.7. The average molecular weight is 355 g/mol. The zero-order valence-corrected chi connectivity index (χ0v) is 14.6. The Morgan fingerprint density at radius 2 is 1.95 bits per heavy atom. The van der Waals surface area contributed by atoms with Crippen molar-refractivity contribution in [2.45, 2.75) is 30.9 Å². The van der Waals surface area contributed by atoms with E-state index in [2.05, 4.69) is 4.72 Å². The SMILES string of the molecule is CC(CCN(C)C)NS(=O)(=O)c1ccc(Cl)c(CO)c1Cl. The molecule has 0 aliphatic rings. The lowest BCUT2D eigenvalue weighted by atomic mass is 10.2. The molecule has 1 atom stereocenters. The molecule has 0 radical (unpaired) electrons. The van der Waals surface area contributed by atoms with Gasteiger partial charge in [-0.2, -0.15) is 0 Å². The summed E-state index contributed by atoms with van der Waals surface area (Å²) in [7, 11) is 0.0852. The highest BCUT2D eigenvalue weighted by atomic mass is 35.5. The van der Waals surface area contributed by atoms with Crippen molar-refractivity contribution in [2.24, 2.45) is 0 Å². The Balaban J connectivity index is 2.98. The second-order valence-electron chi connectivity index (χ2n) is 5.11. The van der Waals surface area contributed by atoms with Gasteiger partial charge >= 0.3 is 0 Å². The van der Waals surface area contributed by atoms with Gasteiger partial charge in [0.2, 0.25) is 10.0 Å². The fourth-order valence-electron chi connectivity index (χ4n) is 1.77. The van der Waals surface area contributed by atoms with E-state index in [9.17, 15) is 13.5 Å². The number of halogens is 2. The quantitative estimate of drug-likeness (QED) is 0.786. The highest BCUT2D eigenvalue weighted by molar-refractivity contribution is 7.89. The standard InChI is InChI=1S/C13H20Cl2N2O3S/c1-9(6-7-17(2)3)16-21(19,20)12-5-4-11(14)10(8-18)13(12)15/h4-5,9,16,18H,6-8H2,1-3H3. The summed E-state index contributed by atoms with van der Waals surface area (Å²) in [5.41, 5.74) is 0.210. The summed E-state index contributed by atoms with van der Waals surface area (Å²) in [6.45, 7) is 2.13. The van der Waals surface area contributed by atoms with Crippen molar-refractivity contribution < 1.29 is 13.5 Å². The topological polar surface area (TPSA) is 69.6 Å². The van der Waals surface area contributed by atoms with E-state index in [0.717, 1.165) is 6.54 Å². The number of nitrogens with one attached hydrogen (secondary N) is 1. The van der Waals surface area contributed by atoms with Crippen molar-refractivity contribution in [3.63, 3.8) is 0 Å². The molecule has 0 aliphatic heterocycles. The molecular weight excluding hydrogens is 335 g/mol. The zero-order valence-electron chi connectivity index (χ0n) is 12.2. The van der Waals surface area contributed by atoms with Crippen LogP contribution in [0.3, 0.4) is 0 Å². The van der Waals surface area contributed by atoms with Crippen LogP contribution < -0.4 is 4.72 Å². The van der Waals surface area contributed by atoms with E-state index in [1.807, 2.05) is 19.0 Å². The molecule has 0 heterocycles. The fourth-order valence-corrected chi connectivity index (χ4v) is 3.94. The highest BCUT2D eigenvalue weighted by Crippen LogP contribution is 2.31. The van der Waals surface area contributed by atoms with Crippen LogP contribution in [0.1, 0.15) is 18.9 Å². The summed E-state index contributed by atoms with van der Waals surface area (Å²) in [6, 6.07) is 2.52. The molecule has 1 aromatic rings. The third kappa shape index (κ3) is 5.09. The number of aliphatic hydroxyl groups excluding tert-OH is 1. The van der Waals surface area contributed by atoms with Crippen molar-refractivity contribution in [1.82, 2.24) is 9.62 Å². The largest absolute Gasteiger partial charge is 0.392 e. The van der Waals surface area contributed by atoms with Gasteiger partial charge in [0.15, 0.2) is 0 Å². The second kappa shape index (κ2) is 7.76. The maximum absolute atomic E-state index is 12.4. The first-order valence-electron chi connectivity index (χ1n) is 6.43. The van der Waals surface area contributed by atoms with Gasteiger partial charge in [-0.3, -0.25) is 0 Å². The highest BCUT2D eigenvalue weighted by Gasteiger charge is 2.23. The van der Waals surface area contributed by atoms with Crippen LogP contribution in [0.2, 0.25) is 10.0 Å². The lowest BCUT2D eigenvalue weighted by molar-refractivity contribution is 0.281. The van der Waals surface area contributed by atoms with Gasteiger partial charge in [-0.05, 0) is 46.1 Å². The van der Waals surface area contributed by atoms with Crippen LogP contribution in [0.15, 0.2) is 17.0 Å². The Labute approximate surface area is 135 Å². The Kier molecular flexibility index (Phi) is 6.90. The summed E-state index contributed by atoms with van der Waals surface area (Å²) in [6.07, 6.45) is 0.671. The van der Waals surface area contributed by atoms with E-state index in [0.29, 0.717) is 6.42 Å². The first kappa shape index (κ1) is 18.7. The molecule has 2 N–H and O–H groups in total. The van der Waals surface area contributed by atoms with E-state index >= 15 is 0 Å². The Bertz CT molecular complexity index is 591. The van der Waals surface area contributed by atoms with E-state index < -0.39 is 16.6 Å². The van der Waals surface area contributed by atoms with Crippen LogP contribution in [0, 0.1) is 0 Å². The zero-order chi connectivity index (χ0) is 16.2. The van der Waals surface area contributed by atoms with Gasteiger partial charge in [-0.15, -0.1) is 0 Å². The molecule has 1 aromatic carbocycles. The van der Waals surface area contributed by atoms with Gasteiger partial charge in [0.25, 0.3) is 0 Å². The molecule has 1 unspecified atom stereocenters. The van der Waals surface area contributed by atoms with Crippen molar-refractivity contribution in [3.05, 3.63) is 27.7 Å². The molecule has 120 valence electrons. The number of benzene rings is 1. The van der Waals surface area contributed by atoms with Crippen molar-refractivity contribution in [1.29, 1.82) is 0 Å². The van der Waals surface area contributed by atoms with E-state index in [1.54, 1.807) is 6.92 Å². The summed E-state index contributed by atoms with van der Waals surface area (Å²) in [5.74, 6) is 0. The van der Waals surface area contributed by atoms with Gasteiger partial charge in [0.1, 0.15) is 4.90 Å². The van der Waals surface area contributed by atoms with Gasteiger partial charge in [0.05, 0.1) is 11.6 Å². The fraction of sp³-hybridized carbons (Fsp3) is 0.538. The van der Waals surface area contributed by atoms with E-state index in [1.165, 1.54) is 12.1 Å². The Morgan fingerprint density at radius 3 is 2.48 bits per heavy atom. The van der Waals surface area contributed by atoms with Crippen LogP contribution in [0.25, 0.3) is 0 Å². The van der Waals surface area contributed by atoms with E-state index in [4.69, 9.17) is 23.2 Å². The van der Waals surface area contributed by atoms with Crippen molar-refractivity contribution >= 4 is 33.2 Å². The number of hydrogen-bond donors (Lipinski definition) is 2. The molecule has 5 nitrogen and oxygen atoms in total. The summed E-state index contributed by atoms with van der Waals surface area (Å²) in [5, 5.41) is 9.42. The Hall–Kier alpha value is -0.370. The molecule has 8 heteroatoms. The minimum atomic E-state index is -3.76. The summed E-state index contributed by atoms with van der Waals surface area (Å²) < 4.78 is 27.3.